The van der Waals surface area contributed by atoms with E-state index < -0.39 is 0 Å². The zero-order chi connectivity index (χ0) is 12.7. The van der Waals surface area contributed by atoms with Crippen LogP contribution in [0.1, 0.15) is 60.8 Å². The average molecular weight is 227 g/mol. The van der Waals surface area contributed by atoms with E-state index in [-0.39, 0.29) is 0 Å². The average Bonchev–Trinajstić information content (AvgIpc) is 2.15. The standard InChI is InChI=1S/C14H29NO/c1-7-13(6)15(9-8-11(2)3)14(16)10-12(4)5/h11-13H,7-10H2,1-6H3. The van der Waals surface area contributed by atoms with Crippen LogP contribution in [0.3, 0.4) is 0 Å². The third kappa shape index (κ3) is 6.14. The molecule has 0 spiro atoms. The lowest BCUT2D eigenvalue weighted by atomic mass is 10.1. The van der Waals surface area contributed by atoms with Crippen LogP contribution in [0.25, 0.3) is 0 Å². The summed E-state index contributed by atoms with van der Waals surface area (Å²) in [6.07, 6.45) is 2.83. The van der Waals surface area contributed by atoms with Crippen LogP contribution in [0.2, 0.25) is 0 Å². The summed E-state index contributed by atoms with van der Waals surface area (Å²) in [4.78, 5) is 14.2. The van der Waals surface area contributed by atoms with Crippen molar-refractivity contribution in [1.82, 2.24) is 4.90 Å². The Kier molecular flexibility index (Phi) is 7.44. The second-order valence-electron chi connectivity index (χ2n) is 5.62. The van der Waals surface area contributed by atoms with Crippen LogP contribution in [0, 0.1) is 11.8 Å². The molecule has 96 valence electrons. The number of carbonyl (C=O) groups excluding carboxylic acids is 1. The third-order valence-electron chi connectivity index (χ3n) is 2.97. The highest BCUT2D eigenvalue weighted by molar-refractivity contribution is 5.76. The molecule has 0 saturated heterocycles. The predicted octanol–water partition coefficient (Wildman–Crippen LogP) is 3.71. The van der Waals surface area contributed by atoms with Crippen molar-refractivity contribution >= 4 is 5.91 Å². The van der Waals surface area contributed by atoms with Crippen molar-refractivity contribution in [2.75, 3.05) is 6.54 Å². The van der Waals surface area contributed by atoms with Crippen LogP contribution in [0.15, 0.2) is 0 Å². The molecule has 1 unspecified atom stereocenters. The topological polar surface area (TPSA) is 20.3 Å². The van der Waals surface area contributed by atoms with Gasteiger partial charge >= 0.3 is 0 Å². The first-order chi connectivity index (χ1) is 7.38. The molecule has 0 saturated carbocycles. The Morgan fingerprint density at radius 1 is 1.06 bits per heavy atom. The maximum atomic E-state index is 12.1. The maximum absolute atomic E-state index is 12.1. The van der Waals surface area contributed by atoms with E-state index in [9.17, 15) is 4.79 Å². The fourth-order valence-electron chi connectivity index (χ4n) is 1.68. The number of carbonyl (C=O) groups is 1. The largest absolute Gasteiger partial charge is 0.340 e. The fraction of sp³-hybridized carbons (Fsp3) is 0.929. The van der Waals surface area contributed by atoms with Crippen molar-refractivity contribution < 1.29 is 4.79 Å². The normalized spacial score (nSPS) is 13.2. The molecule has 0 aliphatic carbocycles. The van der Waals surface area contributed by atoms with Crippen molar-refractivity contribution in [2.45, 2.75) is 66.8 Å². The Morgan fingerprint density at radius 2 is 1.62 bits per heavy atom. The Hall–Kier alpha value is -0.530. The van der Waals surface area contributed by atoms with Gasteiger partial charge in [-0.2, -0.15) is 0 Å². The zero-order valence-corrected chi connectivity index (χ0v) is 11.9. The van der Waals surface area contributed by atoms with Gasteiger partial charge in [0.15, 0.2) is 0 Å². The third-order valence-corrected chi connectivity index (χ3v) is 2.97. The molecule has 0 aliphatic rings. The highest BCUT2D eigenvalue weighted by Crippen LogP contribution is 2.12. The number of rotatable bonds is 7. The van der Waals surface area contributed by atoms with Gasteiger partial charge in [-0.15, -0.1) is 0 Å². The van der Waals surface area contributed by atoms with Gasteiger partial charge in [0.1, 0.15) is 0 Å². The van der Waals surface area contributed by atoms with E-state index in [1.807, 2.05) is 0 Å². The highest BCUT2D eigenvalue weighted by atomic mass is 16.2. The van der Waals surface area contributed by atoms with Gasteiger partial charge in [0, 0.05) is 19.0 Å². The molecule has 2 heteroatoms. The molecule has 0 aliphatic heterocycles. The Morgan fingerprint density at radius 3 is 2.00 bits per heavy atom. The van der Waals surface area contributed by atoms with Crippen molar-refractivity contribution in [2.24, 2.45) is 11.8 Å². The second kappa shape index (κ2) is 7.70. The molecular weight excluding hydrogens is 198 g/mol. The minimum Gasteiger partial charge on any atom is -0.340 e. The van der Waals surface area contributed by atoms with Crippen LogP contribution in [-0.2, 0) is 4.79 Å². The van der Waals surface area contributed by atoms with Gasteiger partial charge in [-0.05, 0) is 31.6 Å². The van der Waals surface area contributed by atoms with Gasteiger partial charge in [0.05, 0.1) is 0 Å². The molecule has 0 rings (SSSR count). The van der Waals surface area contributed by atoms with Crippen LogP contribution >= 0.6 is 0 Å². The molecule has 1 amide bonds. The first kappa shape index (κ1) is 15.5. The molecule has 0 bridgehead atoms. The van der Waals surface area contributed by atoms with Crippen LogP contribution in [-0.4, -0.2) is 23.4 Å². The van der Waals surface area contributed by atoms with Crippen LogP contribution in [0.5, 0.6) is 0 Å². The Balaban J connectivity index is 4.35. The summed E-state index contributed by atoms with van der Waals surface area (Å²) in [5.74, 6) is 1.45. The van der Waals surface area contributed by atoms with Crippen molar-refractivity contribution in [1.29, 1.82) is 0 Å². The molecule has 0 aromatic rings. The lowest BCUT2D eigenvalue weighted by Crippen LogP contribution is -2.39. The number of nitrogens with zero attached hydrogens (tertiary/aromatic N) is 1. The van der Waals surface area contributed by atoms with Crippen LogP contribution < -0.4 is 0 Å². The summed E-state index contributed by atoms with van der Waals surface area (Å²) in [6.45, 7) is 13.8. The molecule has 1 atom stereocenters. The first-order valence-corrected chi connectivity index (χ1v) is 6.67. The van der Waals surface area contributed by atoms with Gasteiger partial charge in [-0.3, -0.25) is 4.79 Å². The Bertz CT molecular complexity index is 199. The minimum absolute atomic E-state index is 0.324. The molecule has 0 N–H and O–H groups in total. The highest BCUT2D eigenvalue weighted by Gasteiger charge is 2.19. The van der Waals surface area contributed by atoms with Gasteiger partial charge in [0.25, 0.3) is 0 Å². The molecule has 0 radical (unpaired) electrons. The van der Waals surface area contributed by atoms with E-state index in [4.69, 9.17) is 0 Å². The zero-order valence-electron chi connectivity index (χ0n) is 11.9. The molecule has 0 aromatic carbocycles. The molecule has 0 heterocycles. The smallest absolute Gasteiger partial charge is 0.223 e. The summed E-state index contributed by atoms with van der Waals surface area (Å²) in [6, 6.07) is 0.380. The van der Waals surface area contributed by atoms with E-state index >= 15 is 0 Å². The van der Waals surface area contributed by atoms with E-state index in [0.29, 0.717) is 30.2 Å². The predicted molar refractivity (Wildman–Crippen MR) is 70.4 cm³/mol. The monoisotopic (exact) mass is 227 g/mol. The maximum Gasteiger partial charge on any atom is 0.223 e. The van der Waals surface area contributed by atoms with Gasteiger partial charge < -0.3 is 4.90 Å². The molecule has 2 nitrogen and oxygen atoms in total. The van der Waals surface area contributed by atoms with Crippen LogP contribution in [0.4, 0.5) is 0 Å². The van der Waals surface area contributed by atoms with E-state index in [2.05, 4.69) is 46.4 Å². The Labute approximate surface area is 101 Å². The summed E-state index contributed by atoms with van der Waals surface area (Å²) in [5, 5.41) is 0. The number of hydrogen-bond acceptors (Lipinski definition) is 1. The van der Waals surface area contributed by atoms with Gasteiger partial charge in [-0.25, -0.2) is 0 Å². The first-order valence-electron chi connectivity index (χ1n) is 6.67. The quantitative estimate of drug-likeness (QED) is 0.649. The summed E-state index contributed by atoms with van der Waals surface area (Å²) in [7, 11) is 0. The van der Waals surface area contributed by atoms with Gasteiger partial charge in [0.2, 0.25) is 5.91 Å². The molecule has 0 fully saturated rings. The molecule has 16 heavy (non-hydrogen) atoms. The van der Waals surface area contributed by atoms with Crippen molar-refractivity contribution in [3.05, 3.63) is 0 Å². The number of hydrogen-bond donors (Lipinski definition) is 0. The molecular formula is C14H29NO. The summed E-state index contributed by atoms with van der Waals surface area (Å²) in [5.41, 5.74) is 0. The number of amides is 1. The SMILES string of the molecule is CCC(C)N(CCC(C)C)C(=O)CC(C)C. The van der Waals surface area contributed by atoms with E-state index in [0.717, 1.165) is 19.4 Å². The van der Waals surface area contributed by atoms with E-state index in [1.54, 1.807) is 0 Å². The summed E-state index contributed by atoms with van der Waals surface area (Å²) < 4.78 is 0. The fourth-order valence-corrected chi connectivity index (χ4v) is 1.68. The van der Waals surface area contributed by atoms with Crippen molar-refractivity contribution in [3.63, 3.8) is 0 Å². The summed E-state index contributed by atoms with van der Waals surface area (Å²) >= 11 is 0. The minimum atomic E-state index is 0.324. The lowest BCUT2D eigenvalue weighted by molar-refractivity contribution is -0.134. The van der Waals surface area contributed by atoms with E-state index in [1.165, 1.54) is 0 Å². The lowest BCUT2D eigenvalue weighted by Gasteiger charge is -2.30. The van der Waals surface area contributed by atoms with Crippen molar-refractivity contribution in [3.8, 4) is 0 Å². The second-order valence-corrected chi connectivity index (χ2v) is 5.62. The molecule has 0 aromatic heterocycles. The van der Waals surface area contributed by atoms with Gasteiger partial charge in [-0.1, -0.05) is 34.6 Å².